The van der Waals surface area contributed by atoms with E-state index in [0.717, 1.165) is 31.1 Å². The lowest BCUT2D eigenvalue weighted by atomic mass is 9.99. The van der Waals surface area contributed by atoms with Gasteiger partial charge in [-0.2, -0.15) is 0 Å². The summed E-state index contributed by atoms with van der Waals surface area (Å²) in [5.74, 6) is 0.779. The van der Waals surface area contributed by atoms with Crippen molar-refractivity contribution in [1.29, 1.82) is 0 Å². The van der Waals surface area contributed by atoms with Gasteiger partial charge in [0.1, 0.15) is 0 Å². The van der Waals surface area contributed by atoms with Crippen molar-refractivity contribution in [2.75, 3.05) is 18.0 Å². The molecule has 1 saturated heterocycles. The molecule has 1 unspecified atom stereocenters. The Labute approximate surface area is 159 Å². The summed E-state index contributed by atoms with van der Waals surface area (Å²) in [6.07, 6.45) is 3.53. The highest BCUT2D eigenvalue weighted by Crippen LogP contribution is 2.27. The van der Waals surface area contributed by atoms with Gasteiger partial charge in [-0.25, -0.2) is 4.79 Å². The molecule has 1 heterocycles. The molecule has 2 aromatic carbocycles. The van der Waals surface area contributed by atoms with Gasteiger partial charge < -0.3 is 11.1 Å². The molecule has 0 radical (unpaired) electrons. The van der Waals surface area contributed by atoms with Crippen molar-refractivity contribution in [3.63, 3.8) is 0 Å². The van der Waals surface area contributed by atoms with E-state index < -0.39 is 6.03 Å². The lowest BCUT2D eigenvalue weighted by Crippen LogP contribution is -2.31. The van der Waals surface area contributed by atoms with Gasteiger partial charge in [0.15, 0.2) is 0 Å². The zero-order valence-corrected chi connectivity index (χ0v) is 15.5. The molecule has 4 nitrogen and oxygen atoms in total. The highest BCUT2D eigenvalue weighted by Gasteiger charge is 2.16. The van der Waals surface area contributed by atoms with Crippen LogP contribution in [0.15, 0.2) is 48.5 Å². The number of hydrogen-bond donors (Lipinski definition) is 2. The molecular formula is C19H23Cl2N3O. The molecule has 3 N–H and O–H groups in total. The molecule has 0 saturated carbocycles. The highest BCUT2D eigenvalue weighted by molar-refractivity contribution is 6.30. The number of amides is 2. The van der Waals surface area contributed by atoms with Gasteiger partial charge in [0.2, 0.25) is 0 Å². The second-order valence-corrected chi connectivity index (χ2v) is 6.65. The van der Waals surface area contributed by atoms with Crippen LogP contribution in [0.3, 0.4) is 0 Å². The van der Waals surface area contributed by atoms with Crippen LogP contribution in [0, 0.1) is 5.92 Å². The van der Waals surface area contributed by atoms with Crippen molar-refractivity contribution in [2.45, 2.75) is 19.3 Å². The minimum absolute atomic E-state index is 0. The Kier molecular flexibility index (Phi) is 7.12. The zero-order valence-electron chi connectivity index (χ0n) is 14.0. The maximum atomic E-state index is 11.9. The third-order valence-corrected chi connectivity index (χ3v) is 4.76. The number of nitrogens with two attached hydrogens (primary N) is 1. The smallest absolute Gasteiger partial charge is 0.323 e. The van der Waals surface area contributed by atoms with Gasteiger partial charge in [-0.05, 0) is 80.2 Å². The molecule has 3 rings (SSSR count). The van der Waals surface area contributed by atoms with Crippen LogP contribution in [0.5, 0.6) is 0 Å². The number of primary amides is 1. The Hall–Kier alpha value is -1.75. The van der Waals surface area contributed by atoms with E-state index in [-0.39, 0.29) is 12.4 Å². The molecule has 1 fully saturated rings. The fourth-order valence-electron chi connectivity index (χ4n) is 3.14. The summed E-state index contributed by atoms with van der Waals surface area (Å²) in [5.41, 5.74) is 8.31. The molecular weight excluding hydrogens is 357 g/mol. The van der Waals surface area contributed by atoms with Crippen molar-refractivity contribution >= 4 is 41.4 Å². The van der Waals surface area contributed by atoms with Crippen LogP contribution in [0.25, 0.3) is 0 Å². The number of aryl methyl sites for hydroxylation is 1. The first-order chi connectivity index (χ1) is 11.6. The van der Waals surface area contributed by atoms with Crippen LogP contribution in [0.1, 0.15) is 18.4 Å². The predicted octanol–water partition coefficient (Wildman–Crippen LogP) is 4.52. The molecule has 2 amide bonds. The van der Waals surface area contributed by atoms with Crippen molar-refractivity contribution in [2.24, 2.45) is 11.7 Å². The molecule has 0 aromatic heterocycles. The van der Waals surface area contributed by atoms with Gasteiger partial charge in [-0.15, -0.1) is 12.4 Å². The van der Waals surface area contributed by atoms with E-state index in [1.54, 1.807) is 24.3 Å². The van der Waals surface area contributed by atoms with Gasteiger partial charge in [0.25, 0.3) is 0 Å². The van der Waals surface area contributed by atoms with E-state index in [1.807, 2.05) is 12.1 Å². The Bertz CT molecular complexity index is 683. The number of rotatable bonds is 5. The van der Waals surface area contributed by atoms with Crippen molar-refractivity contribution < 1.29 is 4.79 Å². The number of nitrogens with one attached hydrogen (secondary N) is 1. The Morgan fingerprint density at radius 2 is 1.72 bits per heavy atom. The summed E-state index contributed by atoms with van der Waals surface area (Å²) < 4.78 is 0. The summed E-state index contributed by atoms with van der Waals surface area (Å²) >= 11 is 5.91. The first-order valence-electron chi connectivity index (χ1n) is 8.28. The maximum Gasteiger partial charge on any atom is 0.323 e. The van der Waals surface area contributed by atoms with Gasteiger partial charge in [0.05, 0.1) is 11.4 Å². The van der Waals surface area contributed by atoms with Crippen LogP contribution < -0.4 is 16.0 Å². The highest BCUT2D eigenvalue weighted by atomic mass is 35.5. The van der Waals surface area contributed by atoms with Gasteiger partial charge in [0, 0.05) is 5.02 Å². The number of nitrogens with zero attached hydrogens (tertiary/aromatic N) is 1. The third-order valence-electron chi connectivity index (χ3n) is 4.50. The standard InChI is InChI=1S/C19H22ClN3O.ClH/c20-16-5-9-18(10-6-16)23(19(21)24)17-7-3-14(4-8-17)1-2-15-11-12-22-13-15;/h3-10,15,22H,1-2,11-13H2,(H2,21,24);1H. The first kappa shape index (κ1) is 19.6. The van der Waals surface area contributed by atoms with Crippen LogP contribution in [-0.2, 0) is 6.42 Å². The monoisotopic (exact) mass is 379 g/mol. The van der Waals surface area contributed by atoms with Crippen molar-refractivity contribution in [3.8, 4) is 0 Å². The van der Waals surface area contributed by atoms with Gasteiger partial charge in [-0.1, -0.05) is 23.7 Å². The first-order valence-corrected chi connectivity index (χ1v) is 8.66. The van der Waals surface area contributed by atoms with Crippen LogP contribution in [-0.4, -0.2) is 19.1 Å². The lowest BCUT2D eigenvalue weighted by molar-refractivity contribution is 0.256. The number of benzene rings is 2. The molecule has 6 heteroatoms. The van der Waals surface area contributed by atoms with Crippen molar-refractivity contribution in [3.05, 3.63) is 59.1 Å². The largest absolute Gasteiger partial charge is 0.351 e. The molecule has 25 heavy (non-hydrogen) atoms. The van der Waals surface area contributed by atoms with Crippen LogP contribution >= 0.6 is 24.0 Å². The topological polar surface area (TPSA) is 58.4 Å². The van der Waals surface area contributed by atoms with E-state index in [0.29, 0.717) is 10.7 Å². The van der Waals surface area contributed by atoms with Crippen LogP contribution in [0.4, 0.5) is 16.2 Å². The molecule has 1 atom stereocenters. The van der Waals surface area contributed by atoms with Crippen LogP contribution in [0.2, 0.25) is 5.02 Å². The SMILES string of the molecule is Cl.NC(=O)N(c1ccc(Cl)cc1)c1ccc(CCC2CCNC2)cc1. The average molecular weight is 380 g/mol. The van der Waals surface area contributed by atoms with E-state index in [1.165, 1.54) is 23.3 Å². The second kappa shape index (κ2) is 9.09. The minimum atomic E-state index is -0.512. The molecule has 1 aliphatic rings. The summed E-state index contributed by atoms with van der Waals surface area (Å²) in [4.78, 5) is 13.4. The number of urea groups is 1. The second-order valence-electron chi connectivity index (χ2n) is 6.21. The lowest BCUT2D eigenvalue weighted by Gasteiger charge is -2.21. The number of carbonyl (C=O) groups excluding carboxylic acids is 1. The molecule has 2 aromatic rings. The van der Waals surface area contributed by atoms with E-state index in [4.69, 9.17) is 17.3 Å². The number of anilines is 2. The van der Waals surface area contributed by atoms with Gasteiger partial charge >= 0.3 is 6.03 Å². The minimum Gasteiger partial charge on any atom is -0.351 e. The van der Waals surface area contributed by atoms with E-state index in [2.05, 4.69) is 17.4 Å². The van der Waals surface area contributed by atoms with Crippen molar-refractivity contribution in [1.82, 2.24) is 5.32 Å². The summed E-state index contributed by atoms with van der Waals surface area (Å²) in [5, 5.41) is 4.02. The normalized spacial score (nSPS) is 16.3. The third kappa shape index (κ3) is 5.11. The predicted molar refractivity (Wildman–Crippen MR) is 106 cm³/mol. The molecule has 0 spiro atoms. The fourth-order valence-corrected chi connectivity index (χ4v) is 3.26. The zero-order chi connectivity index (χ0) is 16.9. The quantitative estimate of drug-likeness (QED) is 0.801. The number of halogens is 2. The Balaban J connectivity index is 0.00000225. The summed E-state index contributed by atoms with van der Waals surface area (Å²) in [6, 6.07) is 14.6. The molecule has 0 bridgehead atoms. The molecule has 134 valence electrons. The number of hydrogen-bond acceptors (Lipinski definition) is 2. The fraction of sp³-hybridized carbons (Fsp3) is 0.316. The molecule has 0 aliphatic carbocycles. The van der Waals surface area contributed by atoms with Gasteiger partial charge in [-0.3, -0.25) is 4.90 Å². The summed E-state index contributed by atoms with van der Waals surface area (Å²) in [6.45, 7) is 2.27. The Morgan fingerprint density at radius 3 is 2.24 bits per heavy atom. The molecule has 1 aliphatic heterocycles. The van der Waals surface area contributed by atoms with E-state index >= 15 is 0 Å². The van der Waals surface area contributed by atoms with E-state index in [9.17, 15) is 4.79 Å². The Morgan fingerprint density at radius 1 is 1.12 bits per heavy atom. The summed E-state index contributed by atoms with van der Waals surface area (Å²) in [7, 11) is 0. The average Bonchev–Trinajstić information content (AvgIpc) is 3.09. The maximum absolute atomic E-state index is 11.9. The number of carbonyl (C=O) groups is 1.